The van der Waals surface area contributed by atoms with Crippen LogP contribution in [-0.4, -0.2) is 57.9 Å². The van der Waals surface area contributed by atoms with Crippen molar-refractivity contribution >= 4 is 17.8 Å². The van der Waals surface area contributed by atoms with Gasteiger partial charge in [-0.05, 0) is 31.0 Å². The van der Waals surface area contributed by atoms with Crippen LogP contribution in [0.3, 0.4) is 0 Å². The minimum atomic E-state index is -1.20. The molecule has 1 aromatic heterocycles. The predicted octanol–water partition coefficient (Wildman–Crippen LogP) is 2.89. The zero-order valence-corrected chi connectivity index (χ0v) is 18.0. The highest BCUT2D eigenvalue weighted by Crippen LogP contribution is 2.29. The van der Waals surface area contributed by atoms with Gasteiger partial charge < -0.3 is 19.5 Å². The summed E-state index contributed by atoms with van der Waals surface area (Å²) in [4.78, 5) is 38.8. The highest BCUT2D eigenvalue weighted by Gasteiger charge is 2.32. The van der Waals surface area contributed by atoms with E-state index in [1.807, 2.05) is 0 Å². The number of hydrogen-bond acceptors (Lipinski definition) is 6. The maximum atomic E-state index is 13.5. The monoisotopic (exact) mass is 429 g/mol. The second-order valence-electron chi connectivity index (χ2n) is 7.61. The van der Waals surface area contributed by atoms with Gasteiger partial charge in [0.25, 0.3) is 5.91 Å². The molecule has 1 saturated carbocycles. The van der Waals surface area contributed by atoms with Gasteiger partial charge >= 0.3 is 11.9 Å². The first-order valence-electron chi connectivity index (χ1n) is 10.2. The molecular weight excluding hydrogens is 402 g/mol. The molecule has 31 heavy (non-hydrogen) atoms. The Morgan fingerprint density at radius 2 is 1.90 bits per heavy atom. The summed E-state index contributed by atoms with van der Waals surface area (Å²) in [7, 11) is 4.40. The number of carboxylic acid groups (broad SMARTS) is 1. The van der Waals surface area contributed by atoms with Crippen LogP contribution in [0.5, 0.6) is 5.75 Å². The van der Waals surface area contributed by atoms with Crippen molar-refractivity contribution in [2.45, 2.75) is 44.7 Å². The second-order valence-corrected chi connectivity index (χ2v) is 7.61. The second kappa shape index (κ2) is 9.63. The summed E-state index contributed by atoms with van der Waals surface area (Å²) in [5.41, 5.74) is 0.753. The molecule has 0 bridgehead atoms. The molecule has 3 rings (SSSR count). The Hall–Kier alpha value is -3.36. The van der Waals surface area contributed by atoms with Gasteiger partial charge in [0.2, 0.25) is 0 Å². The number of carbonyl (C=O) groups excluding carboxylic acids is 2. The molecule has 1 aliphatic carbocycles. The minimum Gasteiger partial charge on any atom is -0.496 e. The van der Waals surface area contributed by atoms with Gasteiger partial charge in [-0.1, -0.05) is 19.3 Å². The molecule has 1 heterocycles. The number of esters is 1. The SMILES string of the molecule is COC(=O)c1ccc(OC)c(CN(C(=O)c2nn(C)cc2C(=O)O)C2CCCCC2)c1. The van der Waals surface area contributed by atoms with E-state index in [-0.39, 0.29) is 23.8 Å². The number of rotatable bonds is 7. The Balaban J connectivity index is 2.02. The molecule has 1 N–H and O–H groups in total. The molecule has 0 saturated heterocycles. The van der Waals surface area contributed by atoms with E-state index in [0.717, 1.165) is 32.1 Å². The van der Waals surface area contributed by atoms with Crippen LogP contribution >= 0.6 is 0 Å². The number of amides is 1. The number of aromatic nitrogens is 2. The van der Waals surface area contributed by atoms with Gasteiger partial charge in [0.05, 0.1) is 19.8 Å². The van der Waals surface area contributed by atoms with Gasteiger partial charge in [0.1, 0.15) is 11.3 Å². The quantitative estimate of drug-likeness (QED) is 0.674. The smallest absolute Gasteiger partial charge is 0.339 e. The van der Waals surface area contributed by atoms with Crippen LogP contribution in [0.15, 0.2) is 24.4 Å². The van der Waals surface area contributed by atoms with Gasteiger partial charge in [-0.2, -0.15) is 5.10 Å². The van der Waals surface area contributed by atoms with E-state index >= 15 is 0 Å². The maximum Gasteiger partial charge on any atom is 0.339 e. The van der Waals surface area contributed by atoms with Crippen molar-refractivity contribution in [3.05, 3.63) is 46.8 Å². The molecule has 9 heteroatoms. The van der Waals surface area contributed by atoms with Crippen molar-refractivity contribution in [3.63, 3.8) is 0 Å². The Morgan fingerprint density at radius 3 is 2.52 bits per heavy atom. The summed E-state index contributed by atoms with van der Waals surface area (Å²) in [6.45, 7) is 0.160. The molecular formula is C22H27N3O6. The highest BCUT2D eigenvalue weighted by molar-refractivity contribution is 6.03. The Morgan fingerprint density at radius 1 is 1.19 bits per heavy atom. The van der Waals surface area contributed by atoms with E-state index in [4.69, 9.17) is 9.47 Å². The molecule has 1 aromatic carbocycles. The Bertz CT molecular complexity index is 978. The number of aryl methyl sites for hydroxylation is 1. The van der Waals surface area contributed by atoms with Crippen LogP contribution in [0.4, 0.5) is 0 Å². The third kappa shape index (κ3) is 4.87. The molecule has 1 fully saturated rings. The van der Waals surface area contributed by atoms with Crippen LogP contribution < -0.4 is 4.74 Å². The van der Waals surface area contributed by atoms with Crippen molar-refractivity contribution in [2.75, 3.05) is 14.2 Å². The summed E-state index contributed by atoms with van der Waals surface area (Å²) in [5, 5.41) is 13.7. The first-order valence-corrected chi connectivity index (χ1v) is 10.2. The first-order chi connectivity index (χ1) is 14.8. The number of ether oxygens (including phenoxy) is 2. The fourth-order valence-electron chi connectivity index (χ4n) is 4.03. The number of nitrogens with zero attached hydrogens (tertiary/aromatic N) is 3. The van der Waals surface area contributed by atoms with Gasteiger partial charge in [-0.25, -0.2) is 9.59 Å². The molecule has 1 aliphatic rings. The van der Waals surface area contributed by atoms with E-state index in [1.54, 1.807) is 30.1 Å². The van der Waals surface area contributed by atoms with Crippen molar-refractivity contribution in [3.8, 4) is 5.75 Å². The molecule has 1 amide bonds. The number of benzene rings is 1. The number of hydrogen-bond donors (Lipinski definition) is 1. The van der Waals surface area contributed by atoms with Crippen LogP contribution in [0.25, 0.3) is 0 Å². The van der Waals surface area contributed by atoms with Crippen LogP contribution in [0.2, 0.25) is 0 Å². The lowest BCUT2D eigenvalue weighted by atomic mass is 9.93. The topological polar surface area (TPSA) is 111 Å². The predicted molar refractivity (Wildman–Crippen MR) is 111 cm³/mol. The number of methoxy groups -OCH3 is 2. The van der Waals surface area contributed by atoms with Crippen molar-refractivity contribution in [1.29, 1.82) is 0 Å². The zero-order chi connectivity index (χ0) is 22.5. The zero-order valence-electron chi connectivity index (χ0n) is 18.0. The summed E-state index contributed by atoms with van der Waals surface area (Å²) in [5.74, 6) is -1.61. The van der Waals surface area contributed by atoms with Crippen LogP contribution in [0, 0.1) is 0 Å². The molecule has 0 unspecified atom stereocenters. The fraction of sp³-hybridized carbons (Fsp3) is 0.455. The van der Waals surface area contributed by atoms with E-state index in [2.05, 4.69) is 5.10 Å². The molecule has 0 atom stereocenters. The maximum absolute atomic E-state index is 13.5. The average Bonchev–Trinajstić information content (AvgIpc) is 3.19. The highest BCUT2D eigenvalue weighted by atomic mass is 16.5. The van der Waals surface area contributed by atoms with Crippen LogP contribution in [0.1, 0.15) is 68.9 Å². The summed E-state index contributed by atoms with van der Waals surface area (Å²) >= 11 is 0. The third-order valence-electron chi connectivity index (χ3n) is 5.58. The molecule has 0 spiro atoms. The number of aromatic carboxylic acids is 1. The normalized spacial score (nSPS) is 14.2. The molecule has 166 valence electrons. The Kier molecular flexibility index (Phi) is 6.94. The van der Waals surface area contributed by atoms with Crippen molar-refractivity contribution < 1.29 is 29.0 Å². The lowest BCUT2D eigenvalue weighted by molar-refractivity contribution is 0.0588. The third-order valence-corrected chi connectivity index (χ3v) is 5.58. The molecule has 9 nitrogen and oxygen atoms in total. The van der Waals surface area contributed by atoms with Gasteiger partial charge in [0, 0.05) is 31.4 Å². The van der Waals surface area contributed by atoms with E-state index < -0.39 is 17.8 Å². The van der Waals surface area contributed by atoms with E-state index in [1.165, 1.54) is 25.1 Å². The molecule has 0 radical (unpaired) electrons. The average molecular weight is 429 g/mol. The van der Waals surface area contributed by atoms with Gasteiger partial charge in [-0.3, -0.25) is 9.48 Å². The first kappa shape index (κ1) is 22.3. The van der Waals surface area contributed by atoms with Crippen molar-refractivity contribution in [1.82, 2.24) is 14.7 Å². The standard InChI is InChI=1S/C22H27N3O6/c1-24-13-17(21(27)28)19(23-24)20(26)25(16-7-5-4-6-8-16)12-15-11-14(22(29)31-3)9-10-18(15)30-2/h9-11,13,16H,4-8,12H2,1-3H3,(H,27,28). The van der Waals surface area contributed by atoms with Crippen molar-refractivity contribution in [2.24, 2.45) is 7.05 Å². The minimum absolute atomic E-state index is 0.0589. The van der Waals surface area contributed by atoms with Gasteiger partial charge in [0.15, 0.2) is 5.69 Å². The molecule has 2 aromatic rings. The molecule has 0 aliphatic heterocycles. The number of carboxylic acids is 1. The summed E-state index contributed by atoms with van der Waals surface area (Å²) < 4.78 is 11.6. The summed E-state index contributed by atoms with van der Waals surface area (Å²) in [6, 6.07) is 4.84. The fourth-order valence-corrected chi connectivity index (χ4v) is 4.03. The lowest BCUT2D eigenvalue weighted by Crippen LogP contribution is -2.41. The Labute approximate surface area is 180 Å². The van der Waals surface area contributed by atoms with Gasteiger partial charge in [-0.15, -0.1) is 0 Å². The lowest BCUT2D eigenvalue weighted by Gasteiger charge is -2.34. The van der Waals surface area contributed by atoms with E-state index in [0.29, 0.717) is 16.9 Å². The van der Waals surface area contributed by atoms with E-state index in [9.17, 15) is 19.5 Å². The van der Waals surface area contributed by atoms with Crippen LogP contribution in [-0.2, 0) is 18.3 Å². The number of carbonyl (C=O) groups is 3. The summed E-state index contributed by atoms with van der Waals surface area (Å²) in [6.07, 6.45) is 6.04. The largest absolute Gasteiger partial charge is 0.496 e.